The second-order valence-corrected chi connectivity index (χ2v) is 11.2. The van der Waals surface area contributed by atoms with Crippen molar-refractivity contribution in [2.75, 3.05) is 40.1 Å². The fourth-order valence-electron chi connectivity index (χ4n) is 4.43. The summed E-state index contributed by atoms with van der Waals surface area (Å²) in [5.74, 6) is 0.485. The van der Waals surface area contributed by atoms with Crippen LogP contribution < -0.4 is 15.5 Å². The zero-order valence-corrected chi connectivity index (χ0v) is 20.9. The van der Waals surface area contributed by atoms with Crippen molar-refractivity contribution in [2.24, 2.45) is 4.99 Å². The lowest BCUT2D eigenvalue weighted by molar-refractivity contribution is -0.116. The van der Waals surface area contributed by atoms with Crippen LogP contribution in [0.4, 0.5) is 17.5 Å². The molecule has 11 nitrogen and oxygen atoms in total. The first-order valence-electron chi connectivity index (χ1n) is 12.0. The lowest BCUT2D eigenvalue weighted by Crippen LogP contribution is -2.40. The van der Waals surface area contributed by atoms with Crippen molar-refractivity contribution in [3.05, 3.63) is 84.1 Å². The summed E-state index contributed by atoms with van der Waals surface area (Å²) in [6.45, 7) is 0.650. The zero-order chi connectivity index (χ0) is 26.1. The molecule has 1 fully saturated rings. The largest absolute Gasteiger partial charge is 0.403 e. The van der Waals surface area contributed by atoms with Crippen LogP contribution in [0.1, 0.15) is 11.1 Å². The Balaban J connectivity index is 1.30. The molecule has 192 valence electrons. The van der Waals surface area contributed by atoms with Gasteiger partial charge in [0.2, 0.25) is 6.17 Å². The van der Waals surface area contributed by atoms with E-state index in [-0.39, 0.29) is 29.3 Å². The van der Waals surface area contributed by atoms with Gasteiger partial charge in [0.25, 0.3) is 11.8 Å². The Morgan fingerprint density at radius 1 is 0.921 bits per heavy atom. The van der Waals surface area contributed by atoms with Crippen LogP contribution in [0.25, 0.3) is 11.5 Å². The van der Waals surface area contributed by atoms with Crippen molar-refractivity contribution in [1.82, 2.24) is 15.2 Å². The number of carbonyl (C=O) groups excluding carboxylic acids is 1. The monoisotopic (exact) mass is 529 g/mol. The van der Waals surface area contributed by atoms with E-state index in [4.69, 9.17) is 9.41 Å². The Morgan fingerprint density at radius 3 is 2.47 bits per heavy atom. The molecule has 2 aromatic heterocycles. The molecular weight excluding hydrogens is 506 g/mol. The van der Waals surface area contributed by atoms with E-state index in [2.05, 4.69) is 25.8 Å². The second kappa shape index (κ2) is 9.71. The number of nitrogens with zero attached hydrogens (tertiary/aromatic N) is 5. The number of aromatic nitrogens is 3. The minimum absolute atomic E-state index is 0.0123. The predicted molar refractivity (Wildman–Crippen MR) is 143 cm³/mol. The van der Waals surface area contributed by atoms with Gasteiger partial charge in [-0.15, -0.1) is 5.10 Å². The molecule has 1 amide bonds. The van der Waals surface area contributed by atoms with Gasteiger partial charge in [0.15, 0.2) is 9.84 Å². The van der Waals surface area contributed by atoms with Crippen LogP contribution in [0.5, 0.6) is 0 Å². The molecule has 4 heterocycles. The van der Waals surface area contributed by atoms with E-state index in [0.29, 0.717) is 35.9 Å². The number of benzodiazepines with no additional fused rings is 1. The smallest absolute Gasteiger partial charge is 0.317 e. The molecule has 1 unspecified atom stereocenters. The molecule has 0 saturated carbocycles. The number of sulfone groups is 1. The number of anilines is 3. The Kier molecular flexibility index (Phi) is 6.08. The Hall–Kier alpha value is -4.58. The van der Waals surface area contributed by atoms with Crippen LogP contribution in [0.2, 0.25) is 0 Å². The van der Waals surface area contributed by atoms with Gasteiger partial charge in [-0.1, -0.05) is 53.6 Å². The van der Waals surface area contributed by atoms with Crippen LogP contribution in [0.15, 0.2) is 82.3 Å². The number of fused-ring (bicyclic) bond motifs is 1. The summed E-state index contributed by atoms with van der Waals surface area (Å²) in [5.41, 5.74) is 3.52. The highest BCUT2D eigenvalue weighted by Crippen LogP contribution is 2.30. The van der Waals surface area contributed by atoms with Crippen LogP contribution in [0.3, 0.4) is 0 Å². The van der Waals surface area contributed by atoms with Crippen molar-refractivity contribution >= 4 is 39.0 Å². The molecule has 2 aliphatic rings. The quantitative estimate of drug-likeness (QED) is 0.399. The molecule has 2 aromatic carbocycles. The van der Waals surface area contributed by atoms with Gasteiger partial charge in [-0.3, -0.25) is 4.79 Å². The lowest BCUT2D eigenvalue weighted by Gasteiger charge is -2.28. The van der Waals surface area contributed by atoms with Gasteiger partial charge in [0.05, 0.1) is 28.5 Å². The summed E-state index contributed by atoms with van der Waals surface area (Å²) < 4.78 is 29.6. The Morgan fingerprint density at radius 2 is 1.66 bits per heavy atom. The number of aliphatic imine (C=N–C) groups is 1. The average molecular weight is 530 g/mol. The number of pyridine rings is 1. The third-order valence-electron chi connectivity index (χ3n) is 6.34. The fourth-order valence-corrected chi connectivity index (χ4v) is 5.63. The molecule has 0 aliphatic carbocycles. The number of hydrogen-bond acceptors (Lipinski definition) is 10. The van der Waals surface area contributed by atoms with Crippen molar-refractivity contribution in [1.29, 1.82) is 0 Å². The maximum Gasteiger partial charge on any atom is 0.317 e. The zero-order valence-electron chi connectivity index (χ0n) is 20.1. The number of benzene rings is 2. The first kappa shape index (κ1) is 23.8. The van der Waals surface area contributed by atoms with Crippen LogP contribution >= 0.6 is 0 Å². The number of nitrogens with one attached hydrogen (secondary N) is 2. The normalized spacial score (nSPS) is 18.6. The van der Waals surface area contributed by atoms with Gasteiger partial charge in [-0.05, 0) is 18.2 Å². The van der Waals surface area contributed by atoms with Crippen LogP contribution in [0, 0.1) is 0 Å². The molecule has 2 aliphatic heterocycles. The third-order valence-corrected chi connectivity index (χ3v) is 7.95. The Labute approximate surface area is 218 Å². The van der Waals surface area contributed by atoms with Crippen LogP contribution in [-0.2, 0) is 14.6 Å². The molecule has 0 bridgehead atoms. The molecule has 6 rings (SSSR count). The second-order valence-electron chi connectivity index (χ2n) is 8.85. The third kappa shape index (κ3) is 4.73. The van der Waals surface area contributed by atoms with Gasteiger partial charge in [-0.2, -0.15) is 0 Å². The minimum Gasteiger partial charge on any atom is -0.403 e. The highest BCUT2D eigenvalue weighted by atomic mass is 32.2. The van der Waals surface area contributed by atoms with E-state index in [9.17, 15) is 13.2 Å². The molecule has 4 aromatic rings. The number of rotatable bonds is 5. The number of amides is 1. The summed E-state index contributed by atoms with van der Waals surface area (Å²) >= 11 is 0. The highest BCUT2D eigenvalue weighted by Gasteiger charge is 2.29. The van der Waals surface area contributed by atoms with E-state index in [0.717, 1.165) is 11.1 Å². The topological polar surface area (TPSA) is 143 Å². The summed E-state index contributed by atoms with van der Waals surface area (Å²) in [7, 11) is -3.05. The lowest BCUT2D eigenvalue weighted by atomic mass is 10.0. The SMILES string of the molecule is O=C1Nc2ccccc2C(c2ccccc2)=NC1Nc1nnc(-c2cccnc2N2CCS(=O)(=O)CC2)o1. The number of carbonyl (C=O) groups is 1. The van der Waals surface area contributed by atoms with E-state index >= 15 is 0 Å². The van der Waals surface area contributed by atoms with Gasteiger partial charge >= 0.3 is 6.01 Å². The van der Waals surface area contributed by atoms with Crippen molar-refractivity contribution < 1.29 is 17.6 Å². The number of para-hydroxylation sites is 1. The van der Waals surface area contributed by atoms with E-state index in [1.54, 1.807) is 18.3 Å². The molecule has 38 heavy (non-hydrogen) atoms. The molecule has 1 atom stereocenters. The molecule has 0 radical (unpaired) electrons. The maximum atomic E-state index is 13.1. The predicted octanol–water partition coefficient (Wildman–Crippen LogP) is 2.59. The van der Waals surface area contributed by atoms with E-state index < -0.39 is 16.0 Å². The van der Waals surface area contributed by atoms with Gasteiger partial charge in [0, 0.05) is 30.4 Å². The van der Waals surface area contributed by atoms with E-state index in [1.165, 1.54) is 0 Å². The van der Waals surface area contributed by atoms with Gasteiger partial charge in [0.1, 0.15) is 5.82 Å². The molecule has 1 saturated heterocycles. The highest BCUT2D eigenvalue weighted by molar-refractivity contribution is 7.91. The molecular formula is C26H23N7O4S. The summed E-state index contributed by atoms with van der Waals surface area (Å²) in [6.07, 6.45) is 0.594. The van der Waals surface area contributed by atoms with Crippen LogP contribution in [-0.4, -0.2) is 66.0 Å². The summed E-state index contributed by atoms with van der Waals surface area (Å²) in [6, 6.07) is 20.6. The molecule has 2 N–H and O–H groups in total. The first-order chi connectivity index (χ1) is 18.5. The number of hydrogen-bond donors (Lipinski definition) is 2. The molecule has 0 spiro atoms. The van der Waals surface area contributed by atoms with Gasteiger partial charge < -0.3 is 20.0 Å². The van der Waals surface area contributed by atoms with E-state index in [1.807, 2.05) is 59.5 Å². The van der Waals surface area contributed by atoms with Crippen molar-refractivity contribution in [2.45, 2.75) is 6.17 Å². The van der Waals surface area contributed by atoms with Gasteiger partial charge in [-0.25, -0.2) is 18.4 Å². The summed E-state index contributed by atoms with van der Waals surface area (Å²) in [4.78, 5) is 24.2. The standard InChI is InChI=1S/C26H23N7O4S/c34-24-22(29-21(17-7-2-1-3-8-17)18-9-4-5-11-20(18)28-24)30-26-32-31-25(37-26)19-10-6-12-27-23(19)33-13-15-38(35,36)16-14-33/h1-12,22H,13-16H2,(H,28,34)(H,30,32). The molecule has 12 heteroatoms. The minimum atomic E-state index is -3.05. The van der Waals surface area contributed by atoms with Crippen molar-refractivity contribution in [3.63, 3.8) is 0 Å². The summed E-state index contributed by atoms with van der Waals surface area (Å²) in [5, 5.41) is 14.1. The van der Waals surface area contributed by atoms with Crippen molar-refractivity contribution in [3.8, 4) is 11.5 Å². The fraction of sp³-hybridized carbons (Fsp3) is 0.192. The maximum absolute atomic E-state index is 13.1. The average Bonchev–Trinajstić information content (AvgIpc) is 3.35. The Bertz CT molecular complexity index is 1620. The first-order valence-corrected chi connectivity index (χ1v) is 13.8.